The molecule has 0 fully saturated rings. The number of allylic oxidation sites excluding steroid dienone is 10. The zero-order valence-corrected chi connectivity index (χ0v) is 10.2. The van der Waals surface area contributed by atoms with Crippen molar-refractivity contribution in [3.05, 3.63) is 59.3 Å². The molecule has 0 spiro atoms. The first-order valence-corrected chi connectivity index (χ1v) is 6.29. The summed E-state index contributed by atoms with van der Waals surface area (Å²) >= 11 is 0. The molecule has 2 rings (SSSR count). The van der Waals surface area contributed by atoms with Gasteiger partial charge in [0.2, 0.25) is 0 Å². The normalized spacial score (nSPS) is 23.9. The lowest BCUT2D eigenvalue weighted by molar-refractivity contribution is 0.847. The Morgan fingerprint density at radius 3 is 2.88 bits per heavy atom. The Morgan fingerprint density at radius 2 is 2.31 bits per heavy atom. The van der Waals surface area contributed by atoms with Gasteiger partial charge in [-0.2, -0.15) is 0 Å². The SMILES string of the molecule is CCC(/C=C\C1=CC1CC)=C/C1=CC=CC1. The summed E-state index contributed by atoms with van der Waals surface area (Å²) in [5.74, 6) is 0.765. The highest BCUT2D eigenvalue weighted by molar-refractivity contribution is 5.43. The van der Waals surface area contributed by atoms with Crippen LogP contribution in [0.15, 0.2) is 59.3 Å². The molecule has 84 valence electrons. The van der Waals surface area contributed by atoms with Crippen LogP contribution in [0.5, 0.6) is 0 Å². The van der Waals surface area contributed by atoms with E-state index in [1.54, 1.807) is 0 Å². The first-order chi connectivity index (χ1) is 7.83. The number of hydrogen-bond donors (Lipinski definition) is 0. The molecule has 0 aromatic rings. The molecular formula is C16H20. The van der Waals surface area contributed by atoms with Crippen molar-refractivity contribution in [2.45, 2.75) is 33.1 Å². The van der Waals surface area contributed by atoms with Gasteiger partial charge >= 0.3 is 0 Å². The summed E-state index contributed by atoms with van der Waals surface area (Å²) in [5.41, 5.74) is 4.37. The third-order valence-corrected chi connectivity index (χ3v) is 3.22. The van der Waals surface area contributed by atoms with Gasteiger partial charge in [0.1, 0.15) is 0 Å². The molecule has 16 heavy (non-hydrogen) atoms. The Hall–Kier alpha value is -1.30. The lowest BCUT2D eigenvalue weighted by Gasteiger charge is -1.98. The van der Waals surface area contributed by atoms with Gasteiger partial charge in [-0.25, -0.2) is 0 Å². The molecular weight excluding hydrogens is 192 g/mol. The minimum atomic E-state index is 0.765. The average Bonchev–Trinajstić information content (AvgIpc) is 2.89. The van der Waals surface area contributed by atoms with Crippen molar-refractivity contribution in [2.75, 3.05) is 0 Å². The number of hydrogen-bond acceptors (Lipinski definition) is 0. The second kappa shape index (κ2) is 5.16. The van der Waals surface area contributed by atoms with E-state index in [9.17, 15) is 0 Å². The highest BCUT2D eigenvalue weighted by Gasteiger charge is 2.18. The van der Waals surface area contributed by atoms with Crippen LogP contribution in [0.1, 0.15) is 33.1 Å². The molecule has 0 aromatic carbocycles. The van der Waals surface area contributed by atoms with Crippen LogP contribution in [0, 0.1) is 5.92 Å². The summed E-state index contributed by atoms with van der Waals surface area (Å²) in [4.78, 5) is 0. The molecule has 0 heterocycles. The quantitative estimate of drug-likeness (QED) is 0.578. The Labute approximate surface area is 98.8 Å². The van der Waals surface area contributed by atoms with Crippen LogP contribution in [0.3, 0.4) is 0 Å². The minimum Gasteiger partial charge on any atom is -0.0801 e. The second-order valence-corrected chi connectivity index (χ2v) is 4.46. The maximum atomic E-state index is 2.35. The Balaban J connectivity index is 1.93. The van der Waals surface area contributed by atoms with Gasteiger partial charge in [-0.15, -0.1) is 0 Å². The first kappa shape index (κ1) is 11.2. The van der Waals surface area contributed by atoms with Crippen LogP contribution in [0.25, 0.3) is 0 Å². The van der Waals surface area contributed by atoms with Gasteiger partial charge in [-0.05, 0) is 36.0 Å². The van der Waals surface area contributed by atoms with Crippen LogP contribution in [-0.2, 0) is 0 Å². The van der Waals surface area contributed by atoms with Crippen LogP contribution in [-0.4, -0.2) is 0 Å². The van der Waals surface area contributed by atoms with Crippen molar-refractivity contribution in [3.63, 3.8) is 0 Å². The van der Waals surface area contributed by atoms with Crippen LogP contribution >= 0.6 is 0 Å². The molecule has 0 radical (unpaired) electrons. The molecule has 0 N–H and O–H groups in total. The molecule has 0 heteroatoms. The van der Waals surface area contributed by atoms with Gasteiger partial charge in [0.15, 0.2) is 0 Å². The van der Waals surface area contributed by atoms with Gasteiger partial charge < -0.3 is 0 Å². The topological polar surface area (TPSA) is 0 Å². The summed E-state index contributed by atoms with van der Waals surface area (Å²) in [7, 11) is 0. The smallest absolute Gasteiger partial charge is 0.00184 e. The van der Waals surface area contributed by atoms with E-state index in [0.717, 1.165) is 18.8 Å². The largest absolute Gasteiger partial charge is 0.0801 e. The van der Waals surface area contributed by atoms with Gasteiger partial charge in [-0.1, -0.05) is 56.4 Å². The lowest BCUT2D eigenvalue weighted by atomic mass is 10.1. The van der Waals surface area contributed by atoms with Crippen LogP contribution in [0.2, 0.25) is 0 Å². The molecule has 0 saturated heterocycles. The fraction of sp³-hybridized carbons (Fsp3) is 0.375. The van der Waals surface area contributed by atoms with Gasteiger partial charge in [0.25, 0.3) is 0 Å². The molecule has 0 saturated carbocycles. The molecule has 0 aromatic heterocycles. The van der Waals surface area contributed by atoms with E-state index < -0.39 is 0 Å². The Bertz CT molecular complexity index is 400. The molecule has 0 amide bonds. The van der Waals surface area contributed by atoms with Crippen LogP contribution < -0.4 is 0 Å². The Morgan fingerprint density at radius 1 is 1.44 bits per heavy atom. The number of rotatable bonds is 5. The van der Waals surface area contributed by atoms with E-state index in [1.807, 2.05) is 0 Å². The molecule has 0 bridgehead atoms. The van der Waals surface area contributed by atoms with E-state index in [0.29, 0.717) is 0 Å². The van der Waals surface area contributed by atoms with E-state index >= 15 is 0 Å². The molecule has 0 aliphatic heterocycles. The predicted molar refractivity (Wildman–Crippen MR) is 71.2 cm³/mol. The molecule has 2 aliphatic rings. The predicted octanol–water partition coefficient (Wildman–Crippen LogP) is 4.73. The third-order valence-electron chi connectivity index (χ3n) is 3.22. The summed E-state index contributed by atoms with van der Waals surface area (Å²) in [6.07, 6.45) is 19.2. The van der Waals surface area contributed by atoms with E-state index in [2.05, 4.69) is 56.4 Å². The summed E-state index contributed by atoms with van der Waals surface area (Å²) in [6, 6.07) is 0. The Kier molecular flexibility index (Phi) is 3.61. The van der Waals surface area contributed by atoms with Crippen molar-refractivity contribution in [1.82, 2.24) is 0 Å². The monoisotopic (exact) mass is 212 g/mol. The van der Waals surface area contributed by atoms with Crippen molar-refractivity contribution in [1.29, 1.82) is 0 Å². The fourth-order valence-electron chi connectivity index (χ4n) is 2.00. The summed E-state index contributed by atoms with van der Waals surface area (Å²) in [5, 5.41) is 0. The maximum Gasteiger partial charge on any atom is 0.00184 e. The molecule has 0 nitrogen and oxygen atoms in total. The van der Waals surface area contributed by atoms with Gasteiger partial charge in [0.05, 0.1) is 0 Å². The van der Waals surface area contributed by atoms with Crippen molar-refractivity contribution < 1.29 is 0 Å². The van der Waals surface area contributed by atoms with E-state index in [4.69, 9.17) is 0 Å². The van der Waals surface area contributed by atoms with Gasteiger partial charge in [0, 0.05) is 5.92 Å². The fourth-order valence-corrected chi connectivity index (χ4v) is 2.00. The molecule has 2 aliphatic carbocycles. The zero-order valence-electron chi connectivity index (χ0n) is 10.2. The minimum absolute atomic E-state index is 0.765. The summed E-state index contributed by atoms with van der Waals surface area (Å²) < 4.78 is 0. The van der Waals surface area contributed by atoms with Gasteiger partial charge in [-0.3, -0.25) is 0 Å². The summed E-state index contributed by atoms with van der Waals surface area (Å²) in [6.45, 7) is 4.46. The van der Waals surface area contributed by atoms with Crippen molar-refractivity contribution in [3.8, 4) is 0 Å². The standard InChI is InChI=1S/C16H20/c1-3-13(11-14-7-5-6-8-14)9-10-16-12-15(16)4-2/h5-7,9-12,15H,3-4,8H2,1-2H3/b10-9-,13-11-. The maximum absolute atomic E-state index is 2.35. The zero-order chi connectivity index (χ0) is 11.4. The third kappa shape index (κ3) is 2.85. The first-order valence-electron chi connectivity index (χ1n) is 6.29. The molecule has 1 unspecified atom stereocenters. The second-order valence-electron chi connectivity index (χ2n) is 4.46. The van der Waals surface area contributed by atoms with Crippen molar-refractivity contribution >= 4 is 0 Å². The lowest BCUT2D eigenvalue weighted by Crippen LogP contribution is -1.79. The van der Waals surface area contributed by atoms with E-state index in [-0.39, 0.29) is 0 Å². The van der Waals surface area contributed by atoms with Crippen LogP contribution in [0.4, 0.5) is 0 Å². The van der Waals surface area contributed by atoms with Crippen molar-refractivity contribution in [2.24, 2.45) is 5.92 Å². The molecule has 1 atom stereocenters. The van der Waals surface area contributed by atoms with E-state index in [1.165, 1.54) is 23.1 Å². The highest BCUT2D eigenvalue weighted by atomic mass is 14.2. The highest BCUT2D eigenvalue weighted by Crippen LogP contribution is 2.33. The average molecular weight is 212 g/mol.